The van der Waals surface area contributed by atoms with Gasteiger partial charge < -0.3 is 9.15 Å². The Bertz CT molecular complexity index is 610. The predicted octanol–water partition coefficient (Wildman–Crippen LogP) is 2.45. The molecule has 88 valence electrons. The molecule has 0 aliphatic carbocycles. The van der Waals surface area contributed by atoms with Crippen LogP contribution in [0, 0.1) is 0 Å². The molecule has 2 aromatic rings. The van der Waals surface area contributed by atoms with Crippen molar-refractivity contribution in [1.82, 2.24) is 0 Å². The number of hydrogen-bond acceptors (Lipinski definition) is 4. The molecule has 0 atom stereocenters. The summed E-state index contributed by atoms with van der Waals surface area (Å²) in [4.78, 5) is 22.2. The van der Waals surface area contributed by atoms with Gasteiger partial charge in [-0.1, -0.05) is 19.9 Å². The molecule has 17 heavy (non-hydrogen) atoms. The van der Waals surface area contributed by atoms with Gasteiger partial charge in [0.2, 0.25) is 11.2 Å². The summed E-state index contributed by atoms with van der Waals surface area (Å²) in [7, 11) is 0. The first kappa shape index (κ1) is 11.4. The van der Waals surface area contributed by atoms with Gasteiger partial charge in [-0.3, -0.25) is 9.59 Å². The van der Waals surface area contributed by atoms with Gasteiger partial charge in [0.25, 0.3) is 6.47 Å². The van der Waals surface area contributed by atoms with Gasteiger partial charge in [-0.15, -0.1) is 0 Å². The van der Waals surface area contributed by atoms with E-state index in [9.17, 15) is 9.59 Å². The highest BCUT2D eigenvalue weighted by molar-refractivity contribution is 5.78. The van der Waals surface area contributed by atoms with Gasteiger partial charge >= 0.3 is 0 Å². The fraction of sp³-hybridized carbons (Fsp3) is 0.231. The number of hydrogen-bond donors (Lipinski definition) is 0. The van der Waals surface area contributed by atoms with Crippen molar-refractivity contribution in [2.45, 2.75) is 19.8 Å². The fourth-order valence-electron chi connectivity index (χ4n) is 1.62. The van der Waals surface area contributed by atoms with Crippen LogP contribution in [0.15, 0.2) is 33.7 Å². The van der Waals surface area contributed by atoms with Crippen LogP contribution in [0.4, 0.5) is 0 Å². The van der Waals surface area contributed by atoms with Crippen LogP contribution in [0.2, 0.25) is 0 Å². The molecule has 0 saturated carbocycles. The van der Waals surface area contributed by atoms with E-state index in [-0.39, 0.29) is 17.7 Å². The van der Waals surface area contributed by atoms with E-state index in [0.29, 0.717) is 16.9 Å². The van der Waals surface area contributed by atoms with Gasteiger partial charge in [0.15, 0.2) is 0 Å². The second-order valence-electron chi connectivity index (χ2n) is 4.05. The second kappa shape index (κ2) is 4.41. The van der Waals surface area contributed by atoms with Crippen LogP contribution < -0.4 is 10.2 Å². The van der Waals surface area contributed by atoms with E-state index < -0.39 is 0 Å². The van der Waals surface area contributed by atoms with Gasteiger partial charge in [-0.25, -0.2) is 0 Å². The molecular weight excluding hydrogens is 220 g/mol. The Morgan fingerprint density at radius 3 is 2.76 bits per heavy atom. The van der Waals surface area contributed by atoms with Crippen LogP contribution >= 0.6 is 0 Å². The summed E-state index contributed by atoms with van der Waals surface area (Å²) in [6.45, 7) is 4.29. The van der Waals surface area contributed by atoms with Gasteiger partial charge in [0.1, 0.15) is 11.8 Å². The van der Waals surface area contributed by atoms with Crippen LogP contribution in [0.25, 0.3) is 11.0 Å². The smallest absolute Gasteiger partial charge is 0.298 e. The van der Waals surface area contributed by atoms with Crippen molar-refractivity contribution in [3.05, 3.63) is 40.2 Å². The minimum absolute atomic E-state index is 0.0894. The number of fused-ring (bicyclic) bond motifs is 1. The molecule has 0 unspecified atom stereocenters. The predicted molar refractivity (Wildman–Crippen MR) is 63.3 cm³/mol. The van der Waals surface area contributed by atoms with Gasteiger partial charge in [-0.05, 0) is 23.6 Å². The monoisotopic (exact) mass is 232 g/mol. The molecule has 0 fully saturated rings. The highest BCUT2D eigenvalue weighted by atomic mass is 16.5. The normalized spacial score (nSPS) is 10.8. The van der Waals surface area contributed by atoms with Gasteiger partial charge in [0.05, 0.1) is 5.39 Å². The van der Waals surface area contributed by atoms with Crippen molar-refractivity contribution in [3.63, 3.8) is 0 Å². The summed E-state index contributed by atoms with van der Waals surface area (Å²) in [6, 6.07) is 5.43. The first-order valence-electron chi connectivity index (χ1n) is 5.29. The molecule has 4 nitrogen and oxygen atoms in total. The SMILES string of the molecule is CC(C)c1ccc2occ(OC=O)c(=O)c2c1. The Morgan fingerprint density at radius 1 is 1.35 bits per heavy atom. The Balaban J connectivity index is 2.69. The Kier molecular flexibility index (Phi) is 2.95. The van der Waals surface area contributed by atoms with Crippen molar-refractivity contribution in [1.29, 1.82) is 0 Å². The minimum atomic E-state index is -0.333. The van der Waals surface area contributed by atoms with Crippen molar-refractivity contribution in [3.8, 4) is 5.75 Å². The first-order chi connectivity index (χ1) is 8.13. The van der Waals surface area contributed by atoms with E-state index >= 15 is 0 Å². The van der Waals surface area contributed by atoms with E-state index in [2.05, 4.69) is 4.74 Å². The van der Waals surface area contributed by atoms with Crippen molar-refractivity contribution in [2.75, 3.05) is 0 Å². The average molecular weight is 232 g/mol. The third-order valence-corrected chi connectivity index (χ3v) is 2.61. The fourth-order valence-corrected chi connectivity index (χ4v) is 1.62. The molecule has 1 aromatic heterocycles. The molecule has 1 aromatic carbocycles. The van der Waals surface area contributed by atoms with Crippen LogP contribution in [0.5, 0.6) is 5.75 Å². The number of ether oxygens (including phenoxy) is 1. The Labute approximate surface area is 97.8 Å². The summed E-state index contributed by atoms with van der Waals surface area (Å²) in [5, 5.41) is 0.426. The lowest BCUT2D eigenvalue weighted by Crippen LogP contribution is -2.07. The maximum Gasteiger partial charge on any atom is 0.298 e. The summed E-state index contributed by atoms with van der Waals surface area (Å²) < 4.78 is 9.79. The van der Waals surface area contributed by atoms with E-state index in [1.165, 1.54) is 0 Å². The lowest BCUT2D eigenvalue weighted by molar-refractivity contribution is -0.120. The van der Waals surface area contributed by atoms with Crippen LogP contribution in [0.3, 0.4) is 0 Å². The zero-order valence-electron chi connectivity index (χ0n) is 9.60. The Hall–Kier alpha value is -2.10. The van der Waals surface area contributed by atoms with Crippen LogP contribution in [-0.4, -0.2) is 6.47 Å². The molecule has 1 heterocycles. The van der Waals surface area contributed by atoms with Crippen LogP contribution in [0.1, 0.15) is 25.3 Å². The maximum absolute atomic E-state index is 11.9. The van der Waals surface area contributed by atoms with E-state index in [4.69, 9.17) is 4.42 Å². The van der Waals surface area contributed by atoms with Gasteiger partial charge in [-0.2, -0.15) is 0 Å². The summed E-state index contributed by atoms with van der Waals surface area (Å²) in [6.07, 6.45) is 1.15. The zero-order valence-corrected chi connectivity index (χ0v) is 9.60. The van der Waals surface area contributed by atoms with Crippen LogP contribution in [-0.2, 0) is 4.79 Å². The molecule has 0 spiro atoms. The molecule has 2 rings (SSSR count). The van der Waals surface area contributed by atoms with Crippen molar-refractivity contribution >= 4 is 17.4 Å². The van der Waals surface area contributed by atoms with E-state index in [1.807, 2.05) is 19.9 Å². The number of carbonyl (C=O) groups is 1. The third kappa shape index (κ3) is 2.06. The molecular formula is C13H12O4. The molecule has 0 bridgehead atoms. The average Bonchev–Trinajstić information content (AvgIpc) is 2.32. The van der Waals surface area contributed by atoms with Crippen molar-refractivity contribution in [2.24, 2.45) is 0 Å². The summed E-state index contributed by atoms with van der Waals surface area (Å²) in [5.74, 6) is 0.225. The summed E-state index contributed by atoms with van der Waals surface area (Å²) in [5.41, 5.74) is 1.19. The van der Waals surface area contributed by atoms with E-state index in [1.54, 1.807) is 12.1 Å². The third-order valence-electron chi connectivity index (χ3n) is 2.61. The summed E-state index contributed by atoms with van der Waals surface area (Å²) >= 11 is 0. The van der Waals surface area contributed by atoms with E-state index in [0.717, 1.165) is 11.8 Å². The standard InChI is InChI=1S/C13H12O4/c1-8(2)9-3-4-11-10(5-9)13(15)12(6-16-11)17-7-14/h3-8H,1-2H3. The Morgan fingerprint density at radius 2 is 2.12 bits per heavy atom. The molecule has 0 aliphatic rings. The lowest BCUT2D eigenvalue weighted by atomic mass is 10.0. The molecule has 4 heteroatoms. The highest BCUT2D eigenvalue weighted by Gasteiger charge is 2.09. The van der Waals surface area contributed by atoms with Gasteiger partial charge in [0, 0.05) is 0 Å². The largest absolute Gasteiger partial charge is 0.460 e. The highest BCUT2D eigenvalue weighted by Crippen LogP contribution is 2.21. The molecule has 0 aliphatic heterocycles. The number of carbonyl (C=O) groups excluding carboxylic acids is 1. The number of rotatable bonds is 3. The molecule has 0 radical (unpaired) electrons. The maximum atomic E-state index is 11.9. The zero-order chi connectivity index (χ0) is 12.4. The second-order valence-corrected chi connectivity index (χ2v) is 4.05. The molecule has 0 amide bonds. The topological polar surface area (TPSA) is 56.5 Å². The van der Waals surface area contributed by atoms with Crippen molar-refractivity contribution < 1.29 is 13.9 Å². The quantitative estimate of drug-likeness (QED) is 0.763. The molecule has 0 N–H and O–H groups in total. The lowest BCUT2D eigenvalue weighted by Gasteiger charge is -2.06. The first-order valence-corrected chi connectivity index (χ1v) is 5.29. The minimum Gasteiger partial charge on any atom is -0.460 e. The number of benzene rings is 1. The molecule has 0 saturated heterocycles.